The Labute approximate surface area is 171 Å². The zero-order chi connectivity index (χ0) is 21.3. The number of carbonyl (C=O) groups is 4. The predicted molar refractivity (Wildman–Crippen MR) is 105 cm³/mol. The molecule has 7 heteroatoms. The van der Waals surface area contributed by atoms with Gasteiger partial charge >= 0.3 is 5.97 Å². The highest BCUT2D eigenvalue weighted by atomic mass is 16.5. The fourth-order valence-corrected chi connectivity index (χ4v) is 3.35. The van der Waals surface area contributed by atoms with E-state index in [9.17, 15) is 19.2 Å². The first-order valence-electron chi connectivity index (χ1n) is 9.22. The summed E-state index contributed by atoms with van der Waals surface area (Å²) in [5, 5.41) is 0. The summed E-state index contributed by atoms with van der Waals surface area (Å²) in [5.41, 5.74) is 0.651. The average molecular weight is 403 g/mol. The number of amides is 1. The van der Waals surface area contributed by atoms with Crippen molar-refractivity contribution in [2.75, 3.05) is 13.7 Å². The maximum absolute atomic E-state index is 13.0. The molecule has 0 radical (unpaired) electrons. The Kier molecular flexibility index (Phi) is 5.02. The number of carbonyl (C=O) groups excluding carboxylic acids is 4. The third-order valence-corrected chi connectivity index (χ3v) is 4.90. The lowest BCUT2D eigenvalue weighted by molar-refractivity contribution is -0.133. The number of ketones is 2. The number of esters is 1. The van der Waals surface area contributed by atoms with Gasteiger partial charge in [-0.15, -0.1) is 0 Å². The van der Waals surface area contributed by atoms with Gasteiger partial charge < -0.3 is 14.1 Å². The van der Waals surface area contributed by atoms with Gasteiger partial charge in [-0.25, -0.2) is 4.79 Å². The molecule has 0 fully saturated rings. The summed E-state index contributed by atoms with van der Waals surface area (Å²) in [6, 6.07) is 14.3. The van der Waals surface area contributed by atoms with Crippen LogP contribution in [-0.4, -0.2) is 42.0 Å². The van der Waals surface area contributed by atoms with Crippen LogP contribution >= 0.6 is 0 Å². The van der Waals surface area contributed by atoms with Crippen LogP contribution in [0.4, 0.5) is 0 Å². The Hall–Kier alpha value is -4.00. The Bertz CT molecular complexity index is 1160. The monoisotopic (exact) mass is 403 g/mol. The second-order valence-corrected chi connectivity index (χ2v) is 6.84. The highest BCUT2D eigenvalue weighted by Gasteiger charge is 2.33. The summed E-state index contributed by atoms with van der Waals surface area (Å²) in [4.78, 5) is 52.0. The number of fused-ring (bicyclic) bond motifs is 2. The molecule has 150 valence electrons. The molecule has 0 atom stereocenters. The lowest BCUT2D eigenvalue weighted by atomic mass is 9.82. The second-order valence-electron chi connectivity index (χ2n) is 6.84. The minimum Gasteiger partial charge on any atom is -0.467 e. The highest BCUT2D eigenvalue weighted by molar-refractivity contribution is 6.30. The summed E-state index contributed by atoms with van der Waals surface area (Å²) >= 11 is 0. The molecule has 0 unspecified atom stereocenters. The molecule has 1 amide bonds. The molecule has 1 heterocycles. The minimum absolute atomic E-state index is 0.00240. The van der Waals surface area contributed by atoms with E-state index in [2.05, 4.69) is 0 Å². The van der Waals surface area contributed by atoms with Crippen molar-refractivity contribution in [3.63, 3.8) is 0 Å². The number of benzene rings is 2. The predicted octanol–water partition coefficient (Wildman–Crippen LogP) is 2.87. The first-order valence-corrected chi connectivity index (χ1v) is 9.22. The molecule has 0 spiro atoms. The molecule has 0 aliphatic heterocycles. The molecule has 2 aromatic carbocycles. The van der Waals surface area contributed by atoms with Crippen molar-refractivity contribution in [2.45, 2.75) is 6.54 Å². The van der Waals surface area contributed by atoms with E-state index in [1.807, 2.05) is 0 Å². The molecule has 0 bridgehead atoms. The van der Waals surface area contributed by atoms with Gasteiger partial charge in [0.2, 0.25) is 0 Å². The SMILES string of the molecule is CN(Cc1ccco1)C(=O)COC(=O)c1cccc2c1C(=O)c1ccccc1C2=O. The fourth-order valence-electron chi connectivity index (χ4n) is 3.35. The van der Waals surface area contributed by atoms with Crippen molar-refractivity contribution >= 4 is 23.4 Å². The molecule has 30 heavy (non-hydrogen) atoms. The molecule has 7 nitrogen and oxygen atoms in total. The first kappa shape index (κ1) is 19.3. The number of hydrogen-bond acceptors (Lipinski definition) is 6. The average Bonchev–Trinajstić information content (AvgIpc) is 3.28. The van der Waals surface area contributed by atoms with E-state index in [1.54, 1.807) is 43.4 Å². The van der Waals surface area contributed by atoms with Gasteiger partial charge in [0, 0.05) is 29.3 Å². The van der Waals surface area contributed by atoms with Gasteiger partial charge in [-0.05, 0) is 18.2 Å². The van der Waals surface area contributed by atoms with E-state index >= 15 is 0 Å². The van der Waals surface area contributed by atoms with Crippen LogP contribution in [-0.2, 0) is 16.1 Å². The van der Waals surface area contributed by atoms with Gasteiger partial charge in [-0.3, -0.25) is 14.4 Å². The third-order valence-electron chi connectivity index (χ3n) is 4.90. The molecule has 1 aromatic heterocycles. The van der Waals surface area contributed by atoms with Crippen LogP contribution in [0.5, 0.6) is 0 Å². The number of furan rings is 1. The molecular weight excluding hydrogens is 386 g/mol. The summed E-state index contributed by atoms with van der Waals surface area (Å²) in [6.45, 7) is -0.272. The normalized spacial score (nSPS) is 12.2. The van der Waals surface area contributed by atoms with Crippen molar-refractivity contribution < 1.29 is 28.3 Å². The van der Waals surface area contributed by atoms with Gasteiger partial charge in [0.1, 0.15) is 5.76 Å². The standard InChI is InChI=1S/C23H17NO6/c1-24(12-14-6-5-11-29-14)19(25)13-30-23(28)18-10-4-9-17-20(18)22(27)16-8-3-2-7-15(16)21(17)26/h2-11H,12-13H2,1H3. The molecule has 0 N–H and O–H groups in total. The van der Waals surface area contributed by atoms with E-state index in [4.69, 9.17) is 9.15 Å². The van der Waals surface area contributed by atoms with Crippen molar-refractivity contribution in [2.24, 2.45) is 0 Å². The summed E-state index contributed by atoms with van der Waals surface area (Å²) in [6.07, 6.45) is 1.50. The fraction of sp³-hybridized carbons (Fsp3) is 0.130. The van der Waals surface area contributed by atoms with Crippen LogP contribution in [0.15, 0.2) is 65.3 Å². The molecule has 0 saturated heterocycles. The minimum atomic E-state index is -0.841. The number of hydrogen-bond donors (Lipinski definition) is 0. The summed E-state index contributed by atoms with van der Waals surface area (Å²) in [7, 11) is 1.56. The van der Waals surface area contributed by atoms with Crippen LogP contribution in [0.1, 0.15) is 48.0 Å². The van der Waals surface area contributed by atoms with Gasteiger partial charge in [-0.1, -0.05) is 36.4 Å². The van der Waals surface area contributed by atoms with E-state index in [0.29, 0.717) is 11.3 Å². The lowest BCUT2D eigenvalue weighted by Crippen LogP contribution is -2.31. The largest absolute Gasteiger partial charge is 0.467 e. The van der Waals surface area contributed by atoms with Gasteiger partial charge in [0.25, 0.3) is 5.91 Å². The van der Waals surface area contributed by atoms with E-state index < -0.39 is 24.3 Å². The van der Waals surface area contributed by atoms with Crippen molar-refractivity contribution in [3.05, 3.63) is 94.4 Å². The molecule has 1 aliphatic carbocycles. The molecular formula is C23H17NO6. The maximum atomic E-state index is 13.0. The van der Waals surface area contributed by atoms with Gasteiger partial charge in [-0.2, -0.15) is 0 Å². The molecule has 3 aromatic rings. The van der Waals surface area contributed by atoms with Crippen LogP contribution in [0, 0.1) is 0 Å². The Morgan fingerprint density at radius 2 is 1.60 bits per heavy atom. The Morgan fingerprint density at radius 3 is 2.30 bits per heavy atom. The van der Waals surface area contributed by atoms with Crippen LogP contribution in [0.25, 0.3) is 0 Å². The zero-order valence-electron chi connectivity index (χ0n) is 16.1. The summed E-state index contributed by atoms with van der Waals surface area (Å²) in [5.74, 6) is -1.43. The Morgan fingerprint density at radius 1 is 0.900 bits per heavy atom. The van der Waals surface area contributed by atoms with E-state index in [1.165, 1.54) is 29.4 Å². The van der Waals surface area contributed by atoms with E-state index in [-0.39, 0.29) is 34.6 Å². The highest BCUT2D eigenvalue weighted by Crippen LogP contribution is 2.29. The van der Waals surface area contributed by atoms with Crippen LogP contribution < -0.4 is 0 Å². The van der Waals surface area contributed by atoms with Crippen molar-refractivity contribution in [3.8, 4) is 0 Å². The van der Waals surface area contributed by atoms with Crippen molar-refractivity contribution in [1.29, 1.82) is 0 Å². The van der Waals surface area contributed by atoms with Crippen LogP contribution in [0.2, 0.25) is 0 Å². The number of nitrogens with zero attached hydrogens (tertiary/aromatic N) is 1. The number of rotatable bonds is 5. The lowest BCUT2D eigenvalue weighted by Gasteiger charge is -2.20. The van der Waals surface area contributed by atoms with Crippen LogP contribution in [0.3, 0.4) is 0 Å². The smallest absolute Gasteiger partial charge is 0.339 e. The topological polar surface area (TPSA) is 93.9 Å². The zero-order valence-corrected chi connectivity index (χ0v) is 16.1. The molecule has 0 saturated carbocycles. The number of likely N-dealkylation sites (N-methyl/N-ethyl adjacent to an activating group) is 1. The maximum Gasteiger partial charge on any atom is 0.339 e. The van der Waals surface area contributed by atoms with Gasteiger partial charge in [0.05, 0.1) is 18.4 Å². The Balaban J connectivity index is 1.52. The first-order chi connectivity index (χ1) is 14.5. The number of ether oxygens (including phenoxy) is 1. The van der Waals surface area contributed by atoms with E-state index in [0.717, 1.165) is 0 Å². The molecule has 1 aliphatic rings. The third kappa shape index (κ3) is 3.41. The summed E-state index contributed by atoms with van der Waals surface area (Å²) < 4.78 is 10.3. The van der Waals surface area contributed by atoms with Gasteiger partial charge in [0.15, 0.2) is 18.2 Å². The second kappa shape index (κ2) is 7.79. The van der Waals surface area contributed by atoms with Crippen molar-refractivity contribution in [1.82, 2.24) is 4.90 Å². The quantitative estimate of drug-likeness (QED) is 0.476. The molecule has 4 rings (SSSR count).